The third kappa shape index (κ3) is 3.03. The molecule has 1 N–H and O–H groups in total. The van der Waals surface area contributed by atoms with Crippen LogP contribution in [0, 0.1) is 11.6 Å². The average molecular weight is 366 g/mol. The molecule has 0 aliphatic carbocycles. The van der Waals surface area contributed by atoms with Crippen LogP contribution in [-0.2, 0) is 10.3 Å². The number of nitrogens with zero attached hydrogens (tertiary/aromatic N) is 1. The molecule has 1 aromatic heterocycles. The summed E-state index contributed by atoms with van der Waals surface area (Å²) in [7, 11) is 0. The Balaban J connectivity index is 1.80. The van der Waals surface area contributed by atoms with Gasteiger partial charge < -0.3 is 10.1 Å². The fourth-order valence-electron chi connectivity index (χ4n) is 3.43. The van der Waals surface area contributed by atoms with E-state index in [1.807, 2.05) is 36.4 Å². The van der Waals surface area contributed by atoms with Gasteiger partial charge in [-0.2, -0.15) is 0 Å². The highest BCUT2D eigenvalue weighted by Crippen LogP contribution is 2.44. The van der Waals surface area contributed by atoms with Crippen LogP contribution in [0.4, 0.5) is 13.6 Å². The Labute approximate surface area is 154 Å². The van der Waals surface area contributed by atoms with Crippen molar-refractivity contribution in [2.24, 2.45) is 0 Å². The van der Waals surface area contributed by atoms with Crippen LogP contribution in [0.5, 0.6) is 0 Å². The van der Waals surface area contributed by atoms with Gasteiger partial charge in [0, 0.05) is 23.5 Å². The first kappa shape index (κ1) is 17.1. The number of benzene rings is 2. The van der Waals surface area contributed by atoms with Crippen molar-refractivity contribution in [3.63, 3.8) is 0 Å². The maximum atomic E-state index is 14.4. The molecule has 1 aliphatic rings. The van der Waals surface area contributed by atoms with Gasteiger partial charge in [0.2, 0.25) is 0 Å². The lowest BCUT2D eigenvalue weighted by Gasteiger charge is -2.29. The van der Waals surface area contributed by atoms with Crippen molar-refractivity contribution in [1.82, 2.24) is 10.3 Å². The van der Waals surface area contributed by atoms with Crippen molar-refractivity contribution in [3.8, 4) is 11.1 Å². The lowest BCUT2D eigenvalue weighted by Crippen LogP contribution is -2.32. The summed E-state index contributed by atoms with van der Waals surface area (Å²) in [5.74, 6) is -1.25. The molecule has 0 radical (unpaired) electrons. The average Bonchev–Trinajstić information content (AvgIpc) is 3.00. The third-order valence-corrected chi connectivity index (χ3v) is 4.78. The first-order valence-electron chi connectivity index (χ1n) is 8.43. The fraction of sp³-hybridized carbons (Fsp3) is 0.143. The molecular formula is C21H16F2N2O2. The maximum Gasteiger partial charge on any atom is 0.408 e. The second kappa shape index (κ2) is 6.46. The molecule has 1 amide bonds. The van der Waals surface area contributed by atoms with Crippen molar-refractivity contribution in [3.05, 3.63) is 89.8 Å². The summed E-state index contributed by atoms with van der Waals surface area (Å²) < 4.78 is 33.6. The van der Waals surface area contributed by atoms with Gasteiger partial charge in [0.1, 0.15) is 17.7 Å². The van der Waals surface area contributed by atoms with Crippen molar-refractivity contribution < 1.29 is 18.3 Å². The number of ether oxygens (including phenoxy) is 1. The smallest absolute Gasteiger partial charge is 0.408 e. The molecule has 2 aromatic carbocycles. The number of cyclic esters (lactones) is 1. The largest absolute Gasteiger partial charge is 0.436 e. The van der Waals surface area contributed by atoms with Gasteiger partial charge in [0.25, 0.3) is 0 Å². The molecule has 1 aliphatic heterocycles. The van der Waals surface area contributed by atoms with Gasteiger partial charge >= 0.3 is 6.09 Å². The molecule has 2 atom stereocenters. The number of aromatic nitrogens is 1. The van der Waals surface area contributed by atoms with E-state index in [0.29, 0.717) is 5.56 Å². The minimum absolute atomic E-state index is 0.0315. The van der Waals surface area contributed by atoms with Gasteiger partial charge in [-0.25, -0.2) is 13.6 Å². The summed E-state index contributed by atoms with van der Waals surface area (Å²) in [5.41, 5.74) is 0.983. The molecule has 0 bridgehead atoms. The van der Waals surface area contributed by atoms with Gasteiger partial charge in [-0.05, 0) is 42.3 Å². The van der Waals surface area contributed by atoms with Gasteiger partial charge in [0.15, 0.2) is 5.60 Å². The summed E-state index contributed by atoms with van der Waals surface area (Å²) in [6, 6.07) is 13.9. The van der Waals surface area contributed by atoms with E-state index < -0.39 is 29.4 Å². The topological polar surface area (TPSA) is 51.2 Å². The highest BCUT2D eigenvalue weighted by atomic mass is 19.1. The van der Waals surface area contributed by atoms with Crippen LogP contribution in [-0.4, -0.2) is 11.1 Å². The quantitative estimate of drug-likeness (QED) is 0.730. The molecule has 27 heavy (non-hydrogen) atoms. The summed E-state index contributed by atoms with van der Waals surface area (Å²) in [5, 5.41) is 2.69. The van der Waals surface area contributed by atoms with Crippen LogP contribution in [0.1, 0.15) is 24.1 Å². The monoisotopic (exact) mass is 366 g/mol. The van der Waals surface area contributed by atoms with Crippen LogP contribution in [0.15, 0.2) is 67.0 Å². The van der Waals surface area contributed by atoms with Crippen molar-refractivity contribution in [2.45, 2.75) is 18.6 Å². The molecule has 1 saturated heterocycles. The van der Waals surface area contributed by atoms with E-state index in [0.717, 1.165) is 29.3 Å². The van der Waals surface area contributed by atoms with Crippen LogP contribution in [0.3, 0.4) is 0 Å². The Morgan fingerprint density at radius 1 is 1.04 bits per heavy atom. The van der Waals surface area contributed by atoms with Crippen LogP contribution < -0.4 is 5.32 Å². The molecule has 0 unspecified atom stereocenters. The SMILES string of the molecule is C[C@]1(c2cc(F)ccc2F)OC(=O)N[C@@H]1c1cncc(-c2ccccc2)c1. The van der Waals surface area contributed by atoms with Gasteiger partial charge in [0.05, 0.1) is 0 Å². The Hall–Kier alpha value is -3.28. The molecule has 4 nitrogen and oxygen atoms in total. The first-order chi connectivity index (χ1) is 13.0. The van der Waals surface area contributed by atoms with Gasteiger partial charge in [-0.1, -0.05) is 30.3 Å². The molecule has 0 spiro atoms. The number of nitrogens with one attached hydrogen (secondary N) is 1. The molecular weight excluding hydrogens is 350 g/mol. The number of hydrogen-bond acceptors (Lipinski definition) is 3. The molecule has 2 heterocycles. The number of halogens is 2. The van der Waals surface area contributed by atoms with E-state index in [2.05, 4.69) is 10.3 Å². The minimum atomic E-state index is -1.42. The maximum absolute atomic E-state index is 14.4. The van der Waals surface area contributed by atoms with Crippen LogP contribution in [0.25, 0.3) is 11.1 Å². The van der Waals surface area contributed by atoms with Crippen molar-refractivity contribution >= 4 is 6.09 Å². The number of rotatable bonds is 3. The molecule has 136 valence electrons. The van der Waals surface area contributed by atoms with E-state index in [4.69, 9.17) is 4.74 Å². The second-order valence-electron chi connectivity index (χ2n) is 6.57. The Kier molecular flexibility index (Phi) is 4.11. The predicted molar refractivity (Wildman–Crippen MR) is 95.7 cm³/mol. The standard InChI is InChI=1S/C21H16F2N2O2/c1-21(17-10-16(22)7-8-18(17)23)19(25-20(26)27-21)15-9-14(11-24-12-15)13-5-3-2-4-6-13/h2-12,19H,1H3,(H,25,26)/t19-,21-/m1/s1. The normalized spacial score (nSPS) is 21.6. The summed E-state index contributed by atoms with van der Waals surface area (Å²) in [6.07, 6.45) is 2.59. The molecule has 1 fully saturated rings. The number of amides is 1. The fourth-order valence-corrected chi connectivity index (χ4v) is 3.43. The summed E-state index contributed by atoms with van der Waals surface area (Å²) in [4.78, 5) is 16.3. The lowest BCUT2D eigenvalue weighted by molar-refractivity contribution is 0.0460. The minimum Gasteiger partial charge on any atom is -0.436 e. The Morgan fingerprint density at radius 3 is 2.59 bits per heavy atom. The van der Waals surface area contributed by atoms with E-state index in [1.165, 1.54) is 0 Å². The number of carbonyl (C=O) groups excluding carboxylic acids is 1. The summed E-state index contributed by atoms with van der Waals surface area (Å²) >= 11 is 0. The Morgan fingerprint density at radius 2 is 1.81 bits per heavy atom. The van der Waals surface area contributed by atoms with Crippen LogP contribution >= 0.6 is 0 Å². The zero-order valence-corrected chi connectivity index (χ0v) is 14.4. The summed E-state index contributed by atoms with van der Waals surface area (Å²) in [6.45, 7) is 1.56. The zero-order valence-electron chi connectivity index (χ0n) is 14.4. The van der Waals surface area contributed by atoms with Gasteiger partial charge in [-0.15, -0.1) is 0 Å². The number of pyridine rings is 1. The van der Waals surface area contributed by atoms with Crippen molar-refractivity contribution in [1.29, 1.82) is 0 Å². The Bertz CT molecular complexity index is 1010. The van der Waals surface area contributed by atoms with E-state index >= 15 is 0 Å². The number of hydrogen-bond donors (Lipinski definition) is 1. The number of alkyl carbamates (subject to hydrolysis) is 1. The van der Waals surface area contributed by atoms with Crippen LogP contribution in [0.2, 0.25) is 0 Å². The van der Waals surface area contributed by atoms with E-state index in [1.54, 1.807) is 19.3 Å². The lowest BCUT2D eigenvalue weighted by atomic mass is 9.84. The molecule has 0 saturated carbocycles. The van der Waals surface area contributed by atoms with Crippen molar-refractivity contribution in [2.75, 3.05) is 0 Å². The highest BCUT2D eigenvalue weighted by molar-refractivity contribution is 5.73. The molecule has 6 heteroatoms. The predicted octanol–water partition coefficient (Wildman–Crippen LogP) is 4.72. The first-order valence-corrected chi connectivity index (χ1v) is 8.43. The third-order valence-electron chi connectivity index (χ3n) is 4.78. The zero-order chi connectivity index (χ0) is 19.0. The number of carbonyl (C=O) groups is 1. The van der Waals surface area contributed by atoms with E-state index in [9.17, 15) is 13.6 Å². The van der Waals surface area contributed by atoms with Gasteiger partial charge in [-0.3, -0.25) is 4.98 Å². The molecule has 4 rings (SSSR count). The van der Waals surface area contributed by atoms with E-state index in [-0.39, 0.29) is 5.56 Å². The highest BCUT2D eigenvalue weighted by Gasteiger charge is 2.49. The molecule has 3 aromatic rings. The second-order valence-corrected chi connectivity index (χ2v) is 6.57.